The lowest BCUT2D eigenvalue weighted by Crippen LogP contribution is -2.05. The van der Waals surface area contributed by atoms with Gasteiger partial charge in [0.25, 0.3) is 0 Å². The molecular formula is C22H21ClN6O. The zero-order chi connectivity index (χ0) is 21.1. The maximum Gasteiger partial charge on any atom is 0.227 e. The summed E-state index contributed by atoms with van der Waals surface area (Å²) in [5, 5.41) is 8.41. The highest BCUT2D eigenvalue weighted by Gasteiger charge is 2.16. The summed E-state index contributed by atoms with van der Waals surface area (Å²) in [6.45, 7) is 6.45. The molecular weight excluding hydrogens is 400 g/mol. The molecule has 0 unspecified atom stereocenters. The molecule has 4 rings (SSSR count). The van der Waals surface area contributed by atoms with Crippen molar-refractivity contribution in [1.82, 2.24) is 24.7 Å². The predicted octanol–water partition coefficient (Wildman–Crippen LogP) is 5.14. The quantitative estimate of drug-likeness (QED) is 0.465. The topological polar surface area (TPSA) is 77.8 Å². The standard InChI is InChI=1S/C22H21ClN6O/c1-4-30-21-14(2)15(3)28-29(21)20-12-16(8-10-24-20)19-9-11-25-22(27-19)26-18-7-5-6-17(23)13-18/h5-13H,4H2,1-3H3,(H,25,26,27). The van der Waals surface area contributed by atoms with Crippen LogP contribution in [-0.4, -0.2) is 31.3 Å². The van der Waals surface area contributed by atoms with Crippen molar-refractivity contribution < 1.29 is 4.74 Å². The Hall–Kier alpha value is -3.45. The van der Waals surface area contributed by atoms with Gasteiger partial charge in [0.1, 0.15) is 0 Å². The molecule has 0 bridgehead atoms. The Morgan fingerprint density at radius 1 is 1.07 bits per heavy atom. The number of aryl methyl sites for hydroxylation is 1. The first-order valence-corrected chi connectivity index (χ1v) is 9.94. The summed E-state index contributed by atoms with van der Waals surface area (Å²) >= 11 is 6.06. The maximum absolute atomic E-state index is 6.06. The lowest BCUT2D eigenvalue weighted by atomic mass is 10.2. The third-order valence-corrected chi connectivity index (χ3v) is 4.82. The molecule has 0 radical (unpaired) electrons. The average molecular weight is 421 g/mol. The lowest BCUT2D eigenvalue weighted by Gasteiger charge is -2.10. The highest BCUT2D eigenvalue weighted by Crippen LogP contribution is 2.27. The number of anilines is 2. The van der Waals surface area contributed by atoms with Crippen molar-refractivity contribution in [2.24, 2.45) is 0 Å². The average Bonchev–Trinajstić information content (AvgIpc) is 3.03. The van der Waals surface area contributed by atoms with Crippen LogP contribution in [-0.2, 0) is 0 Å². The molecule has 0 saturated heterocycles. The van der Waals surface area contributed by atoms with Crippen LogP contribution >= 0.6 is 11.6 Å². The van der Waals surface area contributed by atoms with Crippen molar-refractivity contribution >= 4 is 23.2 Å². The fourth-order valence-electron chi connectivity index (χ4n) is 3.01. The van der Waals surface area contributed by atoms with Gasteiger partial charge in [0.15, 0.2) is 5.82 Å². The Balaban J connectivity index is 1.67. The van der Waals surface area contributed by atoms with E-state index in [1.54, 1.807) is 17.1 Å². The van der Waals surface area contributed by atoms with E-state index in [4.69, 9.17) is 16.3 Å². The third-order valence-electron chi connectivity index (χ3n) is 4.58. The van der Waals surface area contributed by atoms with E-state index in [9.17, 15) is 0 Å². The van der Waals surface area contributed by atoms with Crippen LogP contribution in [0.2, 0.25) is 5.02 Å². The van der Waals surface area contributed by atoms with E-state index in [2.05, 4.69) is 25.4 Å². The SMILES string of the molecule is CCOc1c(C)c(C)nn1-c1cc(-c2ccnc(Nc3cccc(Cl)c3)n2)ccn1. The third kappa shape index (κ3) is 4.11. The molecule has 0 aliphatic carbocycles. The monoisotopic (exact) mass is 420 g/mol. The van der Waals surface area contributed by atoms with E-state index in [0.717, 1.165) is 28.2 Å². The second-order valence-electron chi connectivity index (χ2n) is 6.66. The van der Waals surface area contributed by atoms with E-state index in [-0.39, 0.29) is 0 Å². The molecule has 152 valence electrons. The van der Waals surface area contributed by atoms with Crippen molar-refractivity contribution in [2.75, 3.05) is 11.9 Å². The van der Waals surface area contributed by atoms with Crippen LogP contribution in [0.25, 0.3) is 17.1 Å². The number of aromatic nitrogens is 5. The second kappa shape index (κ2) is 8.51. The van der Waals surface area contributed by atoms with Gasteiger partial charge in [0, 0.05) is 34.2 Å². The Labute approximate surface area is 179 Å². The molecule has 4 aromatic rings. The fraction of sp³-hybridized carbons (Fsp3) is 0.182. The van der Waals surface area contributed by atoms with E-state index in [0.29, 0.717) is 29.3 Å². The number of hydrogen-bond donors (Lipinski definition) is 1. The number of nitrogens with zero attached hydrogens (tertiary/aromatic N) is 5. The molecule has 0 saturated carbocycles. The highest BCUT2D eigenvalue weighted by atomic mass is 35.5. The first kappa shape index (κ1) is 19.8. The van der Waals surface area contributed by atoms with Crippen molar-refractivity contribution in [3.05, 3.63) is 71.1 Å². The predicted molar refractivity (Wildman–Crippen MR) is 118 cm³/mol. The summed E-state index contributed by atoms with van der Waals surface area (Å²) in [4.78, 5) is 13.4. The normalized spacial score (nSPS) is 10.8. The Bertz CT molecular complexity index is 1190. The zero-order valence-corrected chi connectivity index (χ0v) is 17.7. The minimum Gasteiger partial charge on any atom is -0.478 e. The minimum atomic E-state index is 0.480. The van der Waals surface area contributed by atoms with Gasteiger partial charge in [-0.3, -0.25) is 0 Å². The number of nitrogens with one attached hydrogen (secondary N) is 1. The van der Waals surface area contributed by atoms with Crippen LogP contribution in [0.15, 0.2) is 54.9 Å². The number of pyridine rings is 1. The van der Waals surface area contributed by atoms with Gasteiger partial charge in [-0.15, -0.1) is 0 Å². The van der Waals surface area contributed by atoms with E-state index >= 15 is 0 Å². The van der Waals surface area contributed by atoms with Crippen molar-refractivity contribution in [3.8, 4) is 23.0 Å². The largest absolute Gasteiger partial charge is 0.478 e. The Kier molecular flexibility index (Phi) is 5.63. The van der Waals surface area contributed by atoms with Gasteiger partial charge in [-0.25, -0.2) is 15.0 Å². The maximum atomic E-state index is 6.06. The van der Waals surface area contributed by atoms with Crippen LogP contribution in [0.3, 0.4) is 0 Å². The molecule has 1 aromatic carbocycles. The Morgan fingerprint density at radius 2 is 1.90 bits per heavy atom. The second-order valence-corrected chi connectivity index (χ2v) is 7.10. The van der Waals surface area contributed by atoms with Crippen LogP contribution in [0.4, 0.5) is 11.6 Å². The molecule has 0 spiro atoms. The van der Waals surface area contributed by atoms with Crippen LogP contribution in [0.1, 0.15) is 18.2 Å². The molecule has 0 atom stereocenters. The number of rotatable bonds is 6. The zero-order valence-electron chi connectivity index (χ0n) is 16.9. The first-order valence-electron chi connectivity index (χ1n) is 9.56. The summed E-state index contributed by atoms with van der Waals surface area (Å²) in [5.74, 6) is 1.84. The summed E-state index contributed by atoms with van der Waals surface area (Å²) < 4.78 is 7.52. The molecule has 3 aromatic heterocycles. The van der Waals surface area contributed by atoms with Gasteiger partial charge in [-0.05, 0) is 57.2 Å². The molecule has 0 fully saturated rings. The van der Waals surface area contributed by atoms with E-state index in [1.165, 1.54) is 0 Å². The lowest BCUT2D eigenvalue weighted by molar-refractivity contribution is 0.314. The Morgan fingerprint density at radius 3 is 2.70 bits per heavy atom. The van der Waals surface area contributed by atoms with Crippen molar-refractivity contribution in [1.29, 1.82) is 0 Å². The van der Waals surface area contributed by atoms with Gasteiger partial charge in [0.2, 0.25) is 11.8 Å². The molecule has 8 heteroatoms. The van der Waals surface area contributed by atoms with Gasteiger partial charge in [-0.2, -0.15) is 9.78 Å². The van der Waals surface area contributed by atoms with E-state index < -0.39 is 0 Å². The summed E-state index contributed by atoms with van der Waals surface area (Å²) in [6, 6.07) is 13.1. The van der Waals surface area contributed by atoms with Crippen molar-refractivity contribution in [2.45, 2.75) is 20.8 Å². The number of halogens is 1. The van der Waals surface area contributed by atoms with Crippen LogP contribution < -0.4 is 10.1 Å². The van der Waals surface area contributed by atoms with Gasteiger partial charge < -0.3 is 10.1 Å². The smallest absolute Gasteiger partial charge is 0.227 e. The van der Waals surface area contributed by atoms with E-state index in [1.807, 2.05) is 63.2 Å². The first-order chi connectivity index (χ1) is 14.5. The highest BCUT2D eigenvalue weighted by molar-refractivity contribution is 6.30. The van der Waals surface area contributed by atoms with Gasteiger partial charge >= 0.3 is 0 Å². The molecule has 7 nitrogen and oxygen atoms in total. The fourth-order valence-corrected chi connectivity index (χ4v) is 3.20. The number of benzene rings is 1. The molecule has 3 heterocycles. The number of ether oxygens (including phenoxy) is 1. The molecule has 30 heavy (non-hydrogen) atoms. The van der Waals surface area contributed by atoms with Crippen LogP contribution in [0, 0.1) is 13.8 Å². The summed E-state index contributed by atoms with van der Waals surface area (Å²) in [6.07, 6.45) is 3.45. The summed E-state index contributed by atoms with van der Waals surface area (Å²) in [5.41, 5.74) is 4.38. The molecule has 0 aliphatic rings. The molecule has 0 aliphatic heterocycles. The van der Waals surface area contributed by atoms with Crippen molar-refractivity contribution in [3.63, 3.8) is 0 Å². The minimum absolute atomic E-state index is 0.480. The number of hydrogen-bond acceptors (Lipinski definition) is 6. The molecule has 1 N–H and O–H groups in total. The van der Waals surface area contributed by atoms with Gasteiger partial charge in [-0.1, -0.05) is 17.7 Å². The summed E-state index contributed by atoms with van der Waals surface area (Å²) in [7, 11) is 0. The van der Waals surface area contributed by atoms with Crippen LogP contribution in [0.5, 0.6) is 5.88 Å². The molecule has 0 amide bonds. The van der Waals surface area contributed by atoms with Gasteiger partial charge in [0.05, 0.1) is 18.0 Å².